The summed E-state index contributed by atoms with van der Waals surface area (Å²) in [5.74, 6) is -0.0936. The minimum absolute atomic E-state index is 0.0936. The van der Waals surface area contributed by atoms with Crippen LogP contribution in [-0.2, 0) is 14.3 Å². The molecule has 0 aromatic carbocycles. The summed E-state index contributed by atoms with van der Waals surface area (Å²) in [6.07, 6.45) is 11.9. The zero-order valence-electron chi connectivity index (χ0n) is 12.7. The molecular formula is C16H30O3. The molecular weight excluding hydrogens is 240 g/mol. The monoisotopic (exact) mass is 270 g/mol. The number of carbonyl (C=O) groups excluding carboxylic acids is 1. The second-order valence-corrected chi connectivity index (χ2v) is 5.55. The Bertz CT molecular complexity index is 240. The Morgan fingerprint density at radius 2 is 1.63 bits per heavy atom. The van der Waals surface area contributed by atoms with Crippen LogP contribution >= 0.6 is 0 Å². The van der Waals surface area contributed by atoms with Gasteiger partial charge in [-0.15, -0.1) is 0 Å². The summed E-state index contributed by atoms with van der Waals surface area (Å²) in [6, 6.07) is 0. The smallest absolute Gasteiger partial charge is 0.308 e. The molecule has 1 aliphatic heterocycles. The predicted molar refractivity (Wildman–Crippen MR) is 77.1 cm³/mol. The number of carbonyl (C=O) groups is 1. The number of hydrogen-bond acceptors (Lipinski definition) is 3. The van der Waals surface area contributed by atoms with E-state index in [-0.39, 0.29) is 12.1 Å². The van der Waals surface area contributed by atoms with E-state index in [9.17, 15) is 4.79 Å². The lowest BCUT2D eigenvalue weighted by molar-refractivity contribution is -0.144. The predicted octanol–water partition coefficient (Wildman–Crippen LogP) is 4.24. The number of epoxide rings is 1. The van der Waals surface area contributed by atoms with Crippen molar-refractivity contribution in [2.24, 2.45) is 0 Å². The van der Waals surface area contributed by atoms with Crippen molar-refractivity contribution in [2.75, 3.05) is 6.61 Å². The molecule has 19 heavy (non-hydrogen) atoms. The first-order chi connectivity index (χ1) is 9.27. The Kier molecular flexibility index (Phi) is 8.89. The SMILES string of the molecule is CCCCCCCCC1OC1CC(=O)OCCCC. The lowest BCUT2D eigenvalue weighted by Gasteiger charge is -2.01. The van der Waals surface area contributed by atoms with Crippen LogP contribution < -0.4 is 0 Å². The Morgan fingerprint density at radius 3 is 2.37 bits per heavy atom. The van der Waals surface area contributed by atoms with Crippen molar-refractivity contribution in [3.63, 3.8) is 0 Å². The van der Waals surface area contributed by atoms with Gasteiger partial charge in [-0.05, 0) is 12.8 Å². The molecule has 112 valence electrons. The van der Waals surface area contributed by atoms with Crippen LogP contribution in [0, 0.1) is 0 Å². The van der Waals surface area contributed by atoms with E-state index in [2.05, 4.69) is 13.8 Å². The van der Waals surface area contributed by atoms with Crippen molar-refractivity contribution in [3.05, 3.63) is 0 Å². The molecule has 0 aromatic rings. The van der Waals surface area contributed by atoms with Crippen LogP contribution in [0.1, 0.15) is 78.1 Å². The van der Waals surface area contributed by atoms with Gasteiger partial charge in [0.15, 0.2) is 0 Å². The highest BCUT2D eigenvalue weighted by Crippen LogP contribution is 2.30. The lowest BCUT2D eigenvalue weighted by atomic mass is 10.1. The molecule has 0 aromatic heterocycles. The highest BCUT2D eigenvalue weighted by Gasteiger charge is 2.39. The van der Waals surface area contributed by atoms with E-state index < -0.39 is 0 Å². The topological polar surface area (TPSA) is 38.8 Å². The van der Waals surface area contributed by atoms with Gasteiger partial charge in [0.1, 0.15) is 0 Å². The molecule has 1 rings (SSSR count). The fourth-order valence-electron chi connectivity index (χ4n) is 2.29. The second kappa shape index (κ2) is 10.2. The van der Waals surface area contributed by atoms with Gasteiger partial charge in [0.2, 0.25) is 0 Å². The van der Waals surface area contributed by atoms with Crippen molar-refractivity contribution in [2.45, 2.75) is 90.3 Å². The van der Waals surface area contributed by atoms with E-state index in [1.807, 2.05) is 0 Å². The van der Waals surface area contributed by atoms with Crippen LogP contribution in [0.4, 0.5) is 0 Å². The summed E-state index contributed by atoms with van der Waals surface area (Å²) in [5.41, 5.74) is 0. The molecule has 0 aliphatic carbocycles. The second-order valence-electron chi connectivity index (χ2n) is 5.55. The van der Waals surface area contributed by atoms with Crippen molar-refractivity contribution in [1.82, 2.24) is 0 Å². The Hall–Kier alpha value is -0.570. The van der Waals surface area contributed by atoms with Gasteiger partial charge in [0.05, 0.1) is 25.2 Å². The molecule has 0 spiro atoms. The normalized spacial score (nSPS) is 21.4. The van der Waals surface area contributed by atoms with Gasteiger partial charge in [-0.3, -0.25) is 4.79 Å². The number of esters is 1. The van der Waals surface area contributed by atoms with E-state index in [1.54, 1.807) is 0 Å². The Morgan fingerprint density at radius 1 is 0.947 bits per heavy atom. The van der Waals surface area contributed by atoms with Gasteiger partial charge in [0, 0.05) is 0 Å². The minimum atomic E-state index is -0.0936. The van der Waals surface area contributed by atoms with Gasteiger partial charge in [-0.2, -0.15) is 0 Å². The molecule has 1 fully saturated rings. The van der Waals surface area contributed by atoms with E-state index in [1.165, 1.54) is 38.5 Å². The molecule has 1 saturated heterocycles. The summed E-state index contributed by atoms with van der Waals surface area (Å²) in [5, 5.41) is 0. The first kappa shape index (κ1) is 16.5. The fraction of sp³-hybridized carbons (Fsp3) is 0.938. The third-order valence-electron chi connectivity index (χ3n) is 3.66. The maximum Gasteiger partial charge on any atom is 0.308 e. The van der Waals surface area contributed by atoms with Crippen molar-refractivity contribution >= 4 is 5.97 Å². The number of ether oxygens (including phenoxy) is 2. The lowest BCUT2D eigenvalue weighted by Crippen LogP contribution is -2.10. The zero-order valence-corrected chi connectivity index (χ0v) is 12.7. The van der Waals surface area contributed by atoms with E-state index >= 15 is 0 Å². The van der Waals surface area contributed by atoms with Gasteiger partial charge >= 0.3 is 5.97 Å². The van der Waals surface area contributed by atoms with Crippen molar-refractivity contribution in [1.29, 1.82) is 0 Å². The largest absolute Gasteiger partial charge is 0.466 e. The summed E-state index contributed by atoms with van der Waals surface area (Å²) in [7, 11) is 0. The van der Waals surface area contributed by atoms with Gasteiger partial charge in [-0.1, -0.05) is 58.8 Å². The maximum absolute atomic E-state index is 11.5. The molecule has 0 N–H and O–H groups in total. The van der Waals surface area contributed by atoms with Crippen LogP contribution in [0.15, 0.2) is 0 Å². The summed E-state index contributed by atoms with van der Waals surface area (Å²) < 4.78 is 10.7. The first-order valence-electron chi connectivity index (χ1n) is 8.09. The maximum atomic E-state index is 11.5. The van der Waals surface area contributed by atoms with Gasteiger partial charge in [-0.25, -0.2) is 0 Å². The van der Waals surface area contributed by atoms with E-state index in [0.717, 1.165) is 19.3 Å². The van der Waals surface area contributed by atoms with Gasteiger partial charge in [0.25, 0.3) is 0 Å². The summed E-state index contributed by atoms with van der Waals surface area (Å²) in [4.78, 5) is 11.5. The van der Waals surface area contributed by atoms with Crippen LogP contribution in [0.3, 0.4) is 0 Å². The summed E-state index contributed by atoms with van der Waals surface area (Å²) >= 11 is 0. The Balaban J connectivity index is 1.89. The molecule has 0 radical (unpaired) electrons. The molecule has 3 nitrogen and oxygen atoms in total. The molecule has 1 heterocycles. The highest BCUT2D eigenvalue weighted by molar-refractivity contribution is 5.70. The quantitative estimate of drug-likeness (QED) is 0.302. The average Bonchev–Trinajstić information content (AvgIpc) is 3.12. The van der Waals surface area contributed by atoms with Gasteiger partial charge < -0.3 is 9.47 Å². The molecule has 1 aliphatic rings. The van der Waals surface area contributed by atoms with Crippen LogP contribution in [0.5, 0.6) is 0 Å². The molecule has 0 bridgehead atoms. The molecule has 3 heteroatoms. The fourth-order valence-corrected chi connectivity index (χ4v) is 2.29. The highest BCUT2D eigenvalue weighted by atomic mass is 16.6. The van der Waals surface area contributed by atoms with Crippen molar-refractivity contribution < 1.29 is 14.3 Å². The molecule has 2 atom stereocenters. The van der Waals surface area contributed by atoms with E-state index in [0.29, 0.717) is 19.1 Å². The third kappa shape index (κ3) is 8.25. The first-order valence-corrected chi connectivity index (χ1v) is 8.09. The molecule has 2 unspecified atom stereocenters. The Labute approximate surface area is 118 Å². The zero-order chi connectivity index (χ0) is 13.9. The van der Waals surface area contributed by atoms with Crippen LogP contribution in [0.25, 0.3) is 0 Å². The standard InChI is InChI=1S/C16H30O3/c1-3-5-7-8-9-10-11-14-15(19-14)13-16(17)18-12-6-4-2/h14-15H,3-13H2,1-2H3. The van der Waals surface area contributed by atoms with E-state index in [4.69, 9.17) is 9.47 Å². The van der Waals surface area contributed by atoms with Crippen LogP contribution in [0.2, 0.25) is 0 Å². The number of unbranched alkanes of at least 4 members (excludes halogenated alkanes) is 6. The minimum Gasteiger partial charge on any atom is -0.466 e. The number of rotatable bonds is 12. The van der Waals surface area contributed by atoms with Crippen LogP contribution in [-0.4, -0.2) is 24.8 Å². The third-order valence-corrected chi connectivity index (χ3v) is 3.66. The number of hydrogen-bond donors (Lipinski definition) is 0. The average molecular weight is 270 g/mol. The summed E-state index contributed by atoms with van der Waals surface area (Å²) in [6.45, 7) is 4.89. The molecule has 0 amide bonds. The molecule has 0 saturated carbocycles. The van der Waals surface area contributed by atoms with Crippen molar-refractivity contribution in [3.8, 4) is 0 Å².